The third-order valence-corrected chi connectivity index (χ3v) is 5.47. The molecule has 2 aliphatic heterocycles. The van der Waals surface area contributed by atoms with Crippen LogP contribution in [0.2, 0.25) is 5.02 Å². The molecule has 2 N–H and O–H groups in total. The minimum Gasteiger partial charge on any atom is -0.508 e. The Morgan fingerprint density at radius 3 is 2.58 bits per heavy atom. The number of amidine groups is 1. The highest BCUT2D eigenvalue weighted by Gasteiger charge is 2.51. The van der Waals surface area contributed by atoms with Crippen molar-refractivity contribution < 1.29 is 19.3 Å². The molecule has 0 spiro atoms. The highest BCUT2D eigenvalue weighted by Crippen LogP contribution is 2.22. The molecule has 0 aliphatic carbocycles. The Morgan fingerprint density at radius 1 is 1.16 bits per heavy atom. The van der Waals surface area contributed by atoms with E-state index < -0.39 is 12.1 Å². The molecule has 0 aromatic heterocycles. The van der Waals surface area contributed by atoms with Crippen LogP contribution in [0, 0.1) is 0 Å². The first kappa shape index (κ1) is 20.5. The highest BCUT2D eigenvalue weighted by molar-refractivity contribution is 6.31. The predicted molar refractivity (Wildman–Crippen MR) is 116 cm³/mol. The largest absolute Gasteiger partial charge is 0.508 e. The number of rotatable bonds is 4. The topological polar surface area (TPSA) is 101 Å². The Kier molecular flexibility index (Phi) is 5.43. The number of carbonyl (C=O) groups excluding carboxylic acids is 2. The molecule has 9 nitrogen and oxygen atoms in total. The van der Waals surface area contributed by atoms with Gasteiger partial charge in [0.1, 0.15) is 5.75 Å². The minimum absolute atomic E-state index is 0.159. The van der Waals surface area contributed by atoms with Gasteiger partial charge in [-0.15, -0.1) is 5.10 Å². The number of hydrogen-bond acceptors (Lipinski definition) is 6. The molecule has 31 heavy (non-hydrogen) atoms. The average Bonchev–Trinajstić information content (AvgIpc) is 3.12. The van der Waals surface area contributed by atoms with E-state index in [1.54, 1.807) is 48.2 Å². The monoisotopic (exact) mass is 439 g/mol. The van der Waals surface area contributed by atoms with Gasteiger partial charge in [-0.25, -0.2) is 9.37 Å². The van der Waals surface area contributed by atoms with Crippen LogP contribution in [0.25, 0.3) is 0 Å². The number of aliphatic imine (C=N–C) groups is 1. The third kappa shape index (κ3) is 3.87. The minimum atomic E-state index is -0.782. The maximum Gasteiger partial charge on any atom is 0.414 e. The van der Waals surface area contributed by atoms with Crippen molar-refractivity contribution in [3.63, 3.8) is 0 Å². The molecule has 2 heterocycles. The summed E-state index contributed by atoms with van der Waals surface area (Å²) in [5, 5.41) is 14.2. The number of carbonyl (C=O) groups is 2. The number of imide groups is 1. The van der Waals surface area contributed by atoms with E-state index in [1.807, 2.05) is 18.2 Å². The summed E-state index contributed by atoms with van der Waals surface area (Å²) >= 11 is 6.34. The molecule has 1 fully saturated rings. The maximum absolute atomic E-state index is 12.9. The van der Waals surface area contributed by atoms with Gasteiger partial charge in [-0.1, -0.05) is 34.8 Å². The molecule has 1 unspecified atom stereocenters. The number of amides is 3. The van der Waals surface area contributed by atoms with Crippen LogP contribution in [-0.4, -0.2) is 69.6 Å². The molecule has 1 saturated heterocycles. The van der Waals surface area contributed by atoms with E-state index in [0.717, 1.165) is 16.0 Å². The molecule has 2 aromatic rings. The van der Waals surface area contributed by atoms with Crippen LogP contribution >= 0.6 is 11.6 Å². The fourth-order valence-electron chi connectivity index (χ4n) is 3.39. The summed E-state index contributed by atoms with van der Waals surface area (Å²) in [6.45, 7) is 0.288. The molecule has 0 bridgehead atoms. The van der Waals surface area contributed by atoms with Crippen molar-refractivity contribution in [2.75, 3.05) is 14.1 Å². The molecule has 2 aliphatic rings. The number of fused-ring (bicyclic) bond motifs is 1. The first-order valence-electron chi connectivity index (χ1n) is 9.46. The van der Waals surface area contributed by atoms with Gasteiger partial charge in [0.05, 0.1) is 12.8 Å². The number of phenols is 1. The molecular formula is C21H20ClN6O3+. The van der Waals surface area contributed by atoms with Gasteiger partial charge in [-0.05, 0) is 35.9 Å². The number of halogens is 1. The van der Waals surface area contributed by atoms with E-state index in [4.69, 9.17) is 11.6 Å². The molecule has 2 aromatic carbocycles. The van der Waals surface area contributed by atoms with Crippen LogP contribution < -0.4 is 5.43 Å². The maximum atomic E-state index is 12.9. The molecule has 3 amide bonds. The Hall–Kier alpha value is -3.72. The zero-order chi connectivity index (χ0) is 22.1. The van der Waals surface area contributed by atoms with E-state index in [-0.39, 0.29) is 18.2 Å². The van der Waals surface area contributed by atoms with Gasteiger partial charge in [-0.2, -0.15) is 5.43 Å². The van der Waals surface area contributed by atoms with Gasteiger partial charge < -0.3 is 5.11 Å². The predicted octanol–water partition coefficient (Wildman–Crippen LogP) is 1.84. The van der Waals surface area contributed by atoms with E-state index in [0.29, 0.717) is 16.8 Å². The fraction of sp³-hybridized carbons (Fsp3) is 0.190. The van der Waals surface area contributed by atoms with Gasteiger partial charge in [0.2, 0.25) is 11.9 Å². The van der Waals surface area contributed by atoms with Crippen molar-refractivity contribution in [3.8, 4) is 5.75 Å². The van der Waals surface area contributed by atoms with Crippen LogP contribution in [0.5, 0.6) is 5.75 Å². The van der Waals surface area contributed by atoms with E-state index >= 15 is 0 Å². The molecular weight excluding hydrogens is 420 g/mol. The highest BCUT2D eigenvalue weighted by atomic mass is 35.5. The average molecular weight is 440 g/mol. The van der Waals surface area contributed by atoms with Crippen LogP contribution in [0.4, 0.5) is 4.79 Å². The summed E-state index contributed by atoms with van der Waals surface area (Å²) in [5.74, 6) is 0.418. The Morgan fingerprint density at radius 2 is 1.87 bits per heavy atom. The van der Waals surface area contributed by atoms with Gasteiger partial charge in [0, 0.05) is 24.7 Å². The Labute approximate surface area is 183 Å². The number of likely N-dealkylation sites (N-methyl/N-ethyl adjacent to an activating group) is 2. The standard InChI is InChI=1S/C21H19ClN6O3/c1-26-18-17(19(30)27(2)21(26)31)28(12-14-5-3-4-6-16(14)22)20(24-18)25-23-11-13-7-9-15(29)10-8-13/h3-11,17H,12H2,1-2H3,(H,23,29)/p+1. The summed E-state index contributed by atoms with van der Waals surface area (Å²) < 4.78 is 1.73. The van der Waals surface area contributed by atoms with Gasteiger partial charge in [0.25, 0.3) is 5.91 Å². The zero-order valence-electron chi connectivity index (χ0n) is 16.9. The van der Waals surface area contributed by atoms with Gasteiger partial charge in [0.15, 0.2) is 0 Å². The first-order chi connectivity index (χ1) is 14.9. The second-order valence-corrected chi connectivity index (χ2v) is 7.52. The lowest BCUT2D eigenvalue weighted by molar-refractivity contribution is -0.553. The SMILES string of the molecule is CN1C(=O)C2C(=NC(N/N=C/c3ccc(O)cc3)=[N+]2Cc2ccccc2Cl)N(C)C1=O. The summed E-state index contributed by atoms with van der Waals surface area (Å²) in [5.41, 5.74) is 4.43. The number of hydrazone groups is 1. The summed E-state index contributed by atoms with van der Waals surface area (Å²) in [6.07, 6.45) is 1.56. The van der Waals surface area contributed by atoms with Crippen LogP contribution in [0.15, 0.2) is 58.6 Å². The lowest BCUT2D eigenvalue weighted by Crippen LogP contribution is -2.61. The Balaban J connectivity index is 1.69. The molecule has 4 rings (SSSR count). The quantitative estimate of drug-likeness (QED) is 0.431. The normalized spacial score (nSPS) is 18.7. The van der Waals surface area contributed by atoms with Gasteiger partial charge >= 0.3 is 12.0 Å². The number of nitrogens with zero attached hydrogens (tertiary/aromatic N) is 5. The molecule has 0 saturated carbocycles. The second kappa shape index (κ2) is 8.19. The molecule has 0 radical (unpaired) electrons. The Bertz CT molecular complexity index is 1140. The number of nitrogens with one attached hydrogen (secondary N) is 1. The number of phenolic OH excluding ortho intramolecular Hbond substituents is 1. The zero-order valence-corrected chi connectivity index (χ0v) is 17.6. The van der Waals surface area contributed by atoms with E-state index in [9.17, 15) is 14.7 Å². The number of aromatic hydroxyl groups is 1. The van der Waals surface area contributed by atoms with Gasteiger partial charge in [-0.3, -0.25) is 14.6 Å². The molecule has 158 valence electrons. The molecule has 1 atom stereocenters. The smallest absolute Gasteiger partial charge is 0.414 e. The fourth-order valence-corrected chi connectivity index (χ4v) is 3.58. The first-order valence-corrected chi connectivity index (χ1v) is 9.83. The van der Waals surface area contributed by atoms with Crippen LogP contribution in [-0.2, 0) is 11.3 Å². The van der Waals surface area contributed by atoms with Crippen molar-refractivity contribution in [2.45, 2.75) is 12.6 Å². The van der Waals surface area contributed by atoms with Crippen molar-refractivity contribution >= 4 is 41.5 Å². The number of benzene rings is 2. The van der Waals surface area contributed by atoms with Crippen molar-refractivity contribution in [3.05, 3.63) is 64.7 Å². The van der Waals surface area contributed by atoms with Crippen LogP contribution in [0.1, 0.15) is 11.1 Å². The second-order valence-electron chi connectivity index (χ2n) is 7.12. The lowest BCUT2D eigenvalue weighted by Gasteiger charge is -2.31. The van der Waals surface area contributed by atoms with E-state index in [1.165, 1.54) is 11.9 Å². The lowest BCUT2D eigenvalue weighted by atomic mass is 10.1. The van der Waals surface area contributed by atoms with Crippen molar-refractivity contribution in [2.24, 2.45) is 10.1 Å². The number of urea groups is 1. The van der Waals surface area contributed by atoms with Crippen LogP contribution in [0.3, 0.4) is 0 Å². The summed E-state index contributed by atoms with van der Waals surface area (Å²) in [4.78, 5) is 32.2. The third-order valence-electron chi connectivity index (χ3n) is 5.10. The van der Waals surface area contributed by atoms with Crippen molar-refractivity contribution in [1.29, 1.82) is 0 Å². The molecule has 10 heteroatoms. The summed E-state index contributed by atoms with van der Waals surface area (Å²) in [6, 6.07) is 12.6. The van der Waals surface area contributed by atoms with Crippen molar-refractivity contribution in [1.82, 2.24) is 15.2 Å². The number of guanidine groups is 1. The summed E-state index contributed by atoms with van der Waals surface area (Å²) in [7, 11) is 3.02. The van der Waals surface area contributed by atoms with E-state index in [2.05, 4.69) is 15.5 Å². The number of hydrogen-bond donors (Lipinski definition) is 2.